The summed E-state index contributed by atoms with van der Waals surface area (Å²) in [6, 6.07) is 7.90. The van der Waals surface area contributed by atoms with E-state index >= 15 is 0 Å². The lowest BCUT2D eigenvalue weighted by atomic mass is 10.1. The highest BCUT2D eigenvalue weighted by Crippen LogP contribution is 2.14. The summed E-state index contributed by atoms with van der Waals surface area (Å²) in [6.45, 7) is 7.87. The Morgan fingerprint density at radius 3 is 2.61 bits per heavy atom. The Labute approximate surface area is 143 Å². The Hall–Kier alpha value is -1.52. The van der Waals surface area contributed by atoms with Crippen molar-refractivity contribution < 1.29 is 9.53 Å². The molecule has 1 heterocycles. The SMILES string of the molecule is C=C(Cl)CN1CCCN(C(=O)CCc2ccc(OC)cc2)CC1. The van der Waals surface area contributed by atoms with Gasteiger partial charge in [0.1, 0.15) is 5.75 Å². The molecule has 5 heteroatoms. The summed E-state index contributed by atoms with van der Waals surface area (Å²) in [4.78, 5) is 16.6. The van der Waals surface area contributed by atoms with Crippen LogP contribution in [0.5, 0.6) is 5.75 Å². The molecular formula is C18H25ClN2O2. The molecule has 0 unspecified atom stereocenters. The van der Waals surface area contributed by atoms with Crippen LogP contribution in [0.3, 0.4) is 0 Å². The van der Waals surface area contributed by atoms with Crippen LogP contribution >= 0.6 is 11.6 Å². The Kier molecular flexibility index (Phi) is 6.93. The van der Waals surface area contributed by atoms with E-state index in [1.165, 1.54) is 0 Å². The van der Waals surface area contributed by atoms with E-state index in [4.69, 9.17) is 16.3 Å². The third kappa shape index (κ3) is 5.88. The van der Waals surface area contributed by atoms with Gasteiger partial charge in [-0.15, -0.1) is 0 Å². The number of rotatable bonds is 6. The van der Waals surface area contributed by atoms with Crippen LogP contribution in [-0.2, 0) is 11.2 Å². The number of ether oxygens (including phenoxy) is 1. The second-order valence-electron chi connectivity index (χ2n) is 5.88. The normalized spacial score (nSPS) is 16.0. The van der Waals surface area contributed by atoms with Gasteiger partial charge in [-0.3, -0.25) is 9.69 Å². The summed E-state index contributed by atoms with van der Waals surface area (Å²) in [7, 11) is 1.65. The van der Waals surface area contributed by atoms with Crippen LogP contribution in [0, 0.1) is 0 Å². The van der Waals surface area contributed by atoms with Gasteiger partial charge in [0.25, 0.3) is 0 Å². The molecule has 1 fully saturated rings. The van der Waals surface area contributed by atoms with Crippen molar-refractivity contribution >= 4 is 17.5 Å². The molecular weight excluding hydrogens is 312 g/mol. The zero-order valence-electron chi connectivity index (χ0n) is 13.8. The Morgan fingerprint density at radius 1 is 1.22 bits per heavy atom. The number of hydrogen-bond acceptors (Lipinski definition) is 3. The fourth-order valence-electron chi connectivity index (χ4n) is 2.82. The summed E-state index contributed by atoms with van der Waals surface area (Å²) in [5.41, 5.74) is 1.16. The monoisotopic (exact) mass is 336 g/mol. The minimum absolute atomic E-state index is 0.229. The number of amides is 1. The lowest BCUT2D eigenvalue weighted by Gasteiger charge is -2.21. The van der Waals surface area contributed by atoms with Crippen molar-refractivity contribution in [3.8, 4) is 5.75 Å². The van der Waals surface area contributed by atoms with Crippen LogP contribution in [0.25, 0.3) is 0 Å². The lowest BCUT2D eigenvalue weighted by molar-refractivity contribution is -0.131. The van der Waals surface area contributed by atoms with Crippen LogP contribution < -0.4 is 4.74 Å². The lowest BCUT2D eigenvalue weighted by Crippen LogP contribution is -2.35. The molecule has 0 aliphatic carbocycles. The molecule has 23 heavy (non-hydrogen) atoms. The van der Waals surface area contributed by atoms with Crippen molar-refractivity contribution in [2.75, 3.05) is 39.8 Å². The van der Waals surface area contributed by atoms with Crippen molar-refractivity contribution in [1.29, 1.82) is 0 Å². The highest BCUT2D eigenvalue weighted by Gasteiger charge is 2.18. The van der Waals surface area contributed by atoms with Crippen molar-refractivity contribution in [2.24, 2.45) is 0 Å². The Bertz CT molecular complexity index is 530. The van der Waals surface area contributed by atoms with Gasteiger partial charge >= 0.3 is 0 Å². The first-order valence-corrected chi connectivity index (χ1v) is 8.42. The van der Waals surface area contributed by atoms with E-state index in [1.54, 1.807) is 7.11 Å². The van der Waals surface area contributed by atoms with Crippen LogP contribution in [0.4, 0.5) is 0 Å². The van der Waals surface area contributed by atoms with Gasteiger partial charge in [-0.1, -0.05) is 30.3 Å². The van der Waals surface area contributed by atoms with Gasteiger partial charge in [0.05, 0.1) is 7.11 Å². The summed E-state index contributed by atoms with van der Waals surface area (Å²) in [6.07, 6.45) is 2.30. The minimum atomic E-state index is 0.229. The summed E-state index contributed by atoms with van der Waals surface area (Å²) in [5.74, 6) is 1.07. The minimum Gasteiger partial charge on any atom is -0.497 e. The number of carbonyl (C=O) groups is 1. The molecule has 1 amide bonds. The van der Waals surface area contributed by atoms with Crippen LogP contribution in [0.15, 0.2) is 35.9 Å². The molecule has 0 aromatic heterocycles. The van der Waals surface area contributed by atoms with E-state index in [0.717, 1.165) is 50.3 Å². The van der Waals surface area contributed by atoms with Crippen molar-refractivity contribution in [1.82, 2.24) is 9.80 Å². The molecule has 0 bridgehead atoms. The van der Waals surface area contributed by atoms with Gasteiger partial charge in [0, 0.05) is 44.2 Å². The molecule has 0 N–H and O–H groups in total. The fraction of sp³-hybridized carbons (Fsp3) is 0.500. The summed E-state index contributed by atoms with van der Waals surface area (Å²) in [5, 5.41) is 0.657. The van der Waals surface area contributed by atoms with Gasteiger partial charge in [-0.05, 0) is 30.5 Å². The van der Waals surface area contributed by atoms with Crippen LogP contribution in [0.1, 0.15) is 18.4 Å². The average molecular weight is 337 g/mol. The number of benzene rings is 1. The predicted molar refractivity (Wildman–Crippen MR) is 93.9 cm³/mol. The molecule has 2 rings (SSSR count). The zero-order valence-corrected chi connectivity index (χ0v) is 14.5. The maximum absolute atomic E-state index is 12.4. The summed E-state index contributed by atoms with van der Waals surface area (Å²) < 4.78 is 5.15. The second kappa shape index (κ2) is 8.94. The summed E-state index contributed by atoms with van der Waals surface area (Å²) >= 11 is 5.88. The van der Waals surface area contributed by atoms with Crippen LogP contribution in [-0.4, -0.2) is 55.5 Å². The van der Waals surface area contributed by atoms with E-state index < -0.39 is 0 Å². The van der Waals surface area contributed by atoms with E-state index in [0.29, 0.717) is 18.0 Å². The average Bonchev–Trinajstić information content (AvgIpc) is 2.78. The molecule has 0 saturated carbocycles. The Balaban J connectivity index is 1.79. The first-order valence-electron chi connectivity index (χ1n) is 8.05. The van der Waals surface area contributed by atoms with Crippen molar-refractivity contribution in [3.63, 3.8) is 0 Å². The maximum Gasteiger partial charge on any atom is 0.222 e. The van der Waals surface area contributed by atoms with Gasteiger partial charge in [0.2, 0.25) is 5.91 Å². The van der Waals surface area contributed by atoms with Gasteiger partial charge in [0.15, 0.2) is 0 Å². The van der Waals surface area contributed by atoms with Crippen molar-refractivity contribution in [2.45, 2.75) is 19.3 Å². The molecule has 1 aromatic rings. The van der Waals surface area contributed by atoms with E-state index in [-0.39, 0.29) is 5.91 Å². The van der Waals surface area contributed by atoms with Crippen LogP contribution in [0.2, 0.25) is 0 Å². The molecule has 126 valence electrons. The zero-order chi connectivity index (χ0) is 16.7. The number of carbonyl (C=O) groups excluding carboxylic acids is 1. The van der Waals surface area contributed by atoms with Crippen molar-refractivity contribution in [3.05, 3.63) is 41.4 Å². The van der Waals surface area contributed by atoms with Gasteiger partial charge in [-0.25, -0.2) is 0 Å². The first-order chi connectivity index (χ1) is 11.1. The topological polar surface area (TPSA) is 32.8 Å². The molecule has 1 aromatic carbocycles. The molecule has 0 atom stereocenters. The third-order valence-electron chi connectivity index (χ3n) is 4.12. The largest absolute Gasteiger partial charge is 0.497 e. The maximum atomic E-state index is 12.4. The number of methoxy groups -OCH3 is 1. The van der Waals surface area contributed by atoms with E-state index in [1.807, 2.05) is 29.2 Å². The van der Waals surface area contributed by atoms with E-state index in [9.17, 15) is 4.79 Å². The van der Waals surface area contributed by atoms with Gasteiger partial charge < -0.3 is 9.64 Å². The van der Waals surface area contributed by atoms with Gasteiger partial charge in [-0.2, -0.15) is 0 Å². The Morgan fingerprint density at radius 2 is 1.96 bits per heavy atom. The number of nitrogens with zero attached hydrogens (tertiary/aromatic N) is 2. The molecule has 4 nitrogen and oxygen atoms in total. The highest BCUT2D eigenvalue weighted by molar-refractivity contribution is 6.29. The first kappa shape index (κ1) is 17.8. The highest BCUT2D eigenvalue weighted by atomic mass is 35.5. The molecule has 1 aliphatic heterocycles. The molecule has 1 saturated heterocycles. The third-order valence-corrected chi connectivity index (χ3v) is 4.24. The number of halogens is 1. The molecule has 1 aliphatic rings. The smallest absolute Gasteiger partial charge is 0.222 e. The predicted octanol–water partition coefficient (Wildman–Crippen LogP) is 2.91. The standard InChI is InChI=1S/C18H25ClN2O2/c1-15(19)14-20-10-3-11-21(13-12-20)18(22)9-6-16-4-7-17(23-2)8-5-16/h4-5,7-8H,1,3,6,9-14H2,2H3. The molecule has 0 radical (unpaired) electrons. The van der Waals surface area contributed by atoms with E-state index in [2.05, 4.69) is 11.5 Å². The number of aryl methyl sites for hydroxylation is 1. The second-order valence-corrected chi connectivity index (χ2v) is 6.41. The fourth-order valence-corrected chi connectivity index (χ4v) is 2.99. The quantitative estimate of drug-likeness (QED) is 0.800. The number of hydrogen-bond donors (Lipinski definition) is 0. The molecule has 0 spiro atoms.